The van der Waals surface area contributed by atoms with Crippen LogP contribution < -0.4 is 4.74 Å². The van der Waals surface area contributed by atoms with E-state index in [1.165, 1.54) is 11.9 Å². The van der Waals surface area contributed by atoms with Gasteiger partial charge in [-0.25, -0.2) is 9.97 Å². The Morgan fingerprint density at radius 3 is 2.92 bits per heavy atom. The molecule has 0 spiro atoms. The van der Waals surface area contributed by atoms with E-state index in [2.05, 4.69) is 45.1 Å². The average molecular weight is 356 g/mol. The molecule has 1 saturated carbocycles. The molecule has 0 amide bonds. The Morgan fingerprint density at radius 2 is 2.16 bits per heavy atom. The van der Waals surface area contributed by atoms with Crippen LogP contribution in [-0.2, 0) is 0 Å². The maximum atomic E-state index is 9.91. The number of aromatic amines is 1. The van der Waals surface area contributed by atoms with Gasteiger partial charge in [0.15, 0.2) is 10.8 Å². The van der Waals surface area contributed by atoms with E-state index in [9.17, 15) is 5.11 Å². The van der Waals surface area contributed by atoms with E-state index < -0.39 is 0 Å². The highest BCUT2D eigenvalue weighted by atomic mass is 32.2. The maximum Gasteiger partial charge on any atom is 0.243 e. The van der Waals surface area contributed by atoms with Gasteiger partial charge < -0.3 is 14.8 Å². The van der Waals surface area contributed by atoms with Crippen LogP contribution in [0.3, 0.4) is 0 Å². The molecule has 0 unspecified atom stereocenters. The summed E-state index contributed by atoms with van der Waals surface area (Å²) in [5.41, 5.74) is 2.50. The standard InChI is InChI=1S/C18H20N4O2S/c1-10-4-3-5-13(6-10)25-18-21-15-16(22-18)19-9-20-17(15)24-12-7-11(2)14(23)8-12/h3-6,9,11-12,14,23H,7-8H2,1-2H3,(H,19,20,21,22)/t11-,12+,14-/m0/s1. The number of benzene rings is 1. The zero-order chi connectivity index (χ0) is 17.4. The third-order valence-electron chi connectivity index (χ3n) is 4.51. The highest BCUT2D eigenvalue weighted by Crippen LogP contribution is 2.32. The monoisotopic (exact) mass is 356 g/mol. The first kappa shape index (κ1) is 16.4. The van der Waals surface area contributed by atoms with Gasteiger partial charge in [-0.15, -0.1) is 0 Å². The molecule has 2 heterocycles. The predicted molar refractivity (Wildman–Crippen MR) is 95.8 cm³/mol. The van der Waals surface area contributed by atoms with Gasteiger partial charge in [0.25, 0.3) is 0 Å². The molecule has 4 rings (SSSR count). The summed E-state index contributed by atoms with van der Waals surface area (Å²) >= 11 is 1.55. The van der Waals surface area contributed by atoms with Gasteiger partial charge in [0, 0.05) is 11.3 Å². The van der Waals surface area contributed by atoms with E-state index in [0.717, 1.165) is 16.5 Å². The van der Waals surface area contributed by atoms with Crippen molar-refractivity contribution in [2.45, 2.75) is 48.9 Å². The Labute approximate surface area is 150 Å². The van der Waals surface area contributed by atoms with Gasteiger partial charge >= 0.3 is 0 Å². The fraction of sp³-hybridized carbons (Fsp3) is 0.389. The summed E-state index contributed by atoms with van der Waals surface area (Å²) in [7, 11) is 0. The van der Waals surface area contributed by atoms with Crippen LogP contribution >= 0.6 is 11.8 Å². The maximum absolute atomic E-state index is 9.91. The van der Waals surface area contributed by atoms with Crippen LogP contribution in [-0.4, -0.2) is 37.3 Å². The van der Waals surface area contributed by atoms with Crippen LogP contribution in [0.4, 0.5) is 0 Å². The highest BCUT2D eigenvalue weighted by molar-refractivity contribution is 7.99. The number of aryl methyl sites for hydroxylation is 1. The molecule has 6 nitrogen and oxygen atoms in total. The van der Waals surface area contributed by atoms with Gasteiger partial charge in [0.2, 0.25) is 5.88 Å². The van der Waals surface area contributed by atoms with Crippen molar-refractivity contribution >= 4 is 22.9 Å². The molecular formula is C18H20N4O2S. The van der Waals surface area contributed by atoms with Crippen molar-refractivity contribution in [2.24, 2.45) is 5.92 Å². The Morgan fingerprint density at radius 1 is 1.28 bits per heavy atom. The summed E-state index contributed by atoms with van der Waals surface area (Å²) in [4.78, 5) is 17.4. The molecule has 1 aliphatic carbocycles. The lowest BCUT2D eigenvalue weighted by atomic mass is 10.1. The lowest BCUT2D eigenvalue weighted by molar-refractivity contribution is 0.129. The van der Waals surface area contributed by atoms with Gasteiger partial charge in [-0.3, -0.25) is 0 Å². The molecule has 0 saturated heterocycles. The zero-order valence-electron chi connectivity index (χ0n) is 14.1. The van der Waals surface area contributed by atoms with Crippen molar-refractivity contribution in [3.63, 3.8) is 0 Å². The molecule has 1 fully saturated rings. The highest BCUT2D eigenvalue weighted by Gasteiger charge is 2.32. The van der Waals surface area contributed by atoms with Crippen molar-refractivity contribution in [3.8, 4) is 5.88 Å². The first-order valence-corrected chi connectivity index (χ1v) is 9.20. The first-order chi connectivity index (χ1) is 12.1. The molecule has 0 radical (unpaired) electrons. The number of aromatic nitrogens is 4. The lowest BCUT2D eigenvalue weighted by Gasteiger charge is -2.12. The van der Waals surface area contributed by atoms with Crippen molar-refractivity contribution in [1.82, 2.24) is 19.9 Å². The van der Waals surface area contributed by atoms with Crippen LogP contribution in [0.2, 0.25) is 0 Å². The number of fused-ring (bicyclic) bond motifs is 1. The lowest BCUT2D eigenvalue weighted by Crippen LogP contribution is -2.14. The minimum atomic E-state index is -0.309. The molecule has 3 atom stereocenters. The summed E-state index contributed by atoms with van der Waals surface area (Å²) in [6, 6.07) is 8.26. The summed E-state index contributed by atoms with van der Waals surface area (Å²) in [6.45, 7) is 4.10. The van der Waals surface area contributed by atoms with Crippen LogP contribution in [0, 0.1) is 12.8 Å². The van der Waals surface area contributed by atoms with Gasteiger partial charge in [-0.05, 0) is 31.4 Å². The number of hydrogen-bond acceptors (Lipinski definition) is 6. The van der Waals surface area contributed by atoms with E-state index in [-0.39, 0.29) is 18.1 Å². The Kier molecular flexibility index (Phi) is 4.35. The smallest absolute Gasteiger partial charge is 0.243 e. The third kappa shape index (κ3) is 3.48. The summed E-state index contributed by atoms with van der Waals surface area (Å²) < 4.78 is 6.02. The Hall–Kier alpha value is -2.12. The van der Waals surface area contributed by atoms with Gasteiger partial charge in [-0.2, -0.15) is 4.98 Å². The molecule has 2 N–H and O–H groups in total. The van der Waals surface area contributed by atoms with Crippen LogP contribution in [0.5, 0.6) is 5.88 Å². The van der Waals surface area contributed by atoms with Crippen molar-refractivity contribution in [2.75, 3.05) is 0 Å². The molecule has 25 heavy (non-hydrogen) atoms. The number of hydrogen-bond donors (Lipinski definition) is 2. The zero-order valence-corrected chi connectivity index (χ0v) is 15.0. The summed E-state index contributed by atoms with van der Waals surface area (Å²) in [6.07, 6.45) is 2.59. The van der Waals surface area contributed by atoms with Crippen molar-refractivity contribution in [1.29, 1.82) is 0 Å². The topological polar surface area (TPSA) is 83.9 Å². The molecule has 130 valence electrons. The van der Waals surface area contributed by atoms with Crippen LogP contribution in [0.25, 0.3) is 11.2 Å². The quantitative estimate of drug-likeness (QED) is 0.746. The SMILES string of the molecule is Cc1cccc(Sc2nc3ncnc(O[C@@H]4C[C@H](C)[C@@H](O)C4)c3[nH]2)c1. The number of H-pyrrole nitrogens is 1. The van der Waals surface area contributed by atoms with Crippen molar-refractivity contribution in [3.05, 3.63) is 36.2 Å². The number of aliphatic hydroxyl groups is 1. The fourth-order valence-corrected chi connectivity index (χ4v) is 4.04. The van der Waals surface area contributed by atoms with Crippen LogP contribution in [0.15, 0.2) is 40.6 Å². The van der Waals surface area contributed by atoms with Gasteiger partial charge in [0.1, 0.15) is 17.9 Å². The molecule has 1 aliphatic rings. The molecule has 2 aromatic heterocycles. The summed E-state index contributed by atoms with van der Waals surface area (Å²) in [5, 5.41) is 10.7. The number of nitrogens with one attached hydrogen (secondary N) is 1. The molecule has 0 aliphatic heterocycles. The molecule has 7 heteroatoms. The van der Waals surface area contributed by atoms with Crippen molar-refractivity contribution < 1.29 is 9.84 Å². The largest absolute Gasteiger partial charge is 0.473 e. The van der Waals surface area contributed by atoms with E-state index in [1.807, 2.05) is 13.0 Å². The number of nitrogens with zero attached hydrogens (tertiary/aromatic N) is 3. The van der Waals surface area contributed by atoms with E-state index in [0.29, 0.717) is 23.5 Å². The predicted octanol–water partition coefficient (Wildman–Crippen LogP) is 3.35. The normalized spacial score (nSPS) is 23.2. The molecule has 3 aromatic rings. The molecular weight excluding hydrogens is 336 g/mol. The number of rotatable bonds is 4. The third-order valence-corrected chi connectivity index (χ3v) is 5.39. The number of ether oxygens (including phenoxy) is 1. The van der Waals surface area contributed by atoms with E-state index in [4.69, 9.17) is 4.74 Å². The average Bonchev–Trinajstić information content (AvgIpc) is 3.11. The van der Waals surface area contributed by atoms with E-state index >= 15 is 0 Å². The van der Waals surface area contributed by atoms with Crippen LogP contribution in [0.1, 0.15) is 25.3 Å². The second-order valence-corrected chi connectivity index (χ2v) is 7.66. The Balaban J connectivity index is 1.58. The minimum Gasteiger partial charge on any atom is -0.473 e. The first-order valence-electron chi connectivity index (χ1n) is 8.38. The minimum absolute atomic E-state index is 0.0284. The Bertz CT molecular complexity index is 888. The fourth-order valence-electron chi connectivity index (χ4n) is 3.14. The second kappa shape index (κ2) is 6.65. The second-order valence-electron chi connectivity index (χ2n) is 6.59. The van der Waals surface area contributed by atoms with Gasteiger partial charge in [0.05, 0.1) is 6.10 Å². The number of imidazole rings is 1. The number of aliphatic hydroxyl groups excluding tert-OH is 1. The molecule has 0 bridgehead atoms. The summed E-state index contributed by atoms with van der Waals surface area (Å²) in [5.74, 6) is 0.747. The van der Waals surface area contributed by atoms with E-state index in [1.54, 1.807) is 11.8 Å². The van der Waals surface area contributed by atoms with Gasteiger partial charge in [-0.1, -0.05) is 36.4 Å². The molecule has 1 aromatic carbocycles.